The lowest BCUT2D eigenvalue weighted by atomic mass is 10.1. The Morgan fingerprint density at radius 1 is 0.762 bits per heavy atom. The maximum absolute atomic E-state index is 6.03. The summed E-state index contributed by atoms with van der Waals surface area (Å²) < 4.78 is 0. The highest BCUT2D eigenvalue weighted by Gasteiger charge is 2.08. The number of aromatic nitrogens is 3. The maximum Gasteiger partial charge on any atom is 0.226 e. The minimum atomic E-state index is 0.187. The van der Waals surface area contributed by atoms with Crippen LogP contribution in [0.5, 0.6) is 0 Å². The van der Waals surface area contributed by atoms with Gasteiger partial charge in [0.15, 0.2) is 11.6 Å². The minimum Gasteiger partial charge on any atom is -0.208 e. The molecule has 0 N–H and O–H groups in total. The molecule has 2 aromatic carbocycles. The van der Waals surface area contributed by atoms with Crippen molar-refractivity contribution in [3.8, 4) is 22.8 Å². The van der Waals surface area contributed by atoms with Crippen molar-refractivity contribution in [1.29, 1.82) is 0 Å². The molecule has 0 atom stereocenters. The van der Waals surface area contributed by atoms with Gasteiger partial charge < -0.3 is 0 Å². The van der Waals surface area contributed by atoms with Gasteiger partial charge in [-0.2, -0.15) is 9.97 Å². The SMILES string of the molecule is C=Cc1ccc(-c2nc(Cl)nc(-c3ccccc3)n2)cc1. The van der Waals surface area contributed by atoms with E-state index in [2.05, 4.69) is 21.5 Å². The lowest BCUT2D eigenvalue weighted by molar-refractivity contribution is 1.07. The second-order valence-electron chi connectivity index (χ2n) is 4.44. The molecule has 0 amide bonds. The number of benzene rings is 2. The van der Waals surface area contributed by atoms with Crippen molar-refractivity contribution in [3.63, 3.8) is 0 Å². The summed E-state index contributed by atoms with van der Waals surface area (Å²) in [6, 6.07) is 17.5. The predicted octanol–water partition coefficient (Wildman–Crippen LogP) is 4.50. The van der Waals surface area contributed by atoms with Crippen molar-refractivity contribution in [3.05, 3.63) is 72.0 Å². The molecular weight excluding hydrogens is 282 g/mol. The molecule has 3 rings (SSSR count). The summed E-state index contributed by atoms with van der Waals surface area (Å²) in [5.74, 6) is 1.13. The van der Waals surface area contributed by atoms with E-state index in [1.165, 1.54) is 0 Å². The van der Waals surface area contributed by atoms with Gasteiger partial charge in [-0.05, 0) is 17.2 Å². The molecule has 0 aliphatic rings. The first-order chi connectivity index (χ1) is 10.3. The third kappa shape index (κ3) is 2.98. The van der Waals surface area contributed by atoms with Gasteiger partial charge in [0.25, 0.3) is 0 Å². The zero-order valence-corrected chi connectivity index (χ0v) is 12.0. The van der Waals surface area contributed by atoms with E-state index in [0.29, 0.717) is 11.6 Å². The molecule has 3 aromatic rings. The van der Waals surface area contributed by atoms with Gasteiger partial charge in [-0.1, -0.05) is 67.3 Å². The third-order valence-corrected chi connectivity index (χ3v) is 3.21. The fraction of sp³-hybridized carbons (Fsp3) is 0. The molecule has 3 nitrogen and oxygen atoms in total. The number of nitrogens with zero attached hydrogens (tertiary/aromatic N) is 3. The van der Waals surface area contributed by atoms with Crippen LogP contribution in [0.3, 0.4) is 0 Å². The van der Waals surface area contributed by atoms with Crippen molar-refractivity contribution >= 4 is 17.7 Å². The molecule has 0 fully saturated rings. The highest BCUT2D eigenvalue weighted by atomic mass is 35.5. The second-order valence-corrected chi connectivity index (χ2v) is 4.78. The third-order valence-electron chi connectivity index (χ3n) is 3.04. The first kappa shape index (κ1) is 13.5. The smallest absolute Gasteiger partial charge is 0.208 e. The highest BCUT2D eigenvalue weighted by molar-refractivity contribution is 6.28. The molecule has 102 valence electrons. The highest BCUT2D eigenvalue weighted by Crippen LogP contribution is 2.22. The normalized spacial score (nSPS) is 10.3. The van der Waals surface area contributed by atoms with Crippen molar-refractivity contribution in [2.24, 2.45) is 0 Å². The average Bonchev–Trinajstić information content (AvgIpc) is 2.55. The largest absolute Gasteiger partial charge is 0.226 e. The van der Waals surface area contributed by atoms with Crippen molar-refractivity contribution in [2.45, 2.75) is 0 Å². The van der Waals surface area contributed by atoms with Gasteiger partial charge in [0.05, 0.1) is 0 Å². The fourth-order valence-corrected chi connectivity index (χ4v) is 2.12. The van der Waals surface area contributed by atoms with Crippen LogP contribution in [0.2, 0.25) is 5.28 Å². The summed E-state index contributed by atoms with van der Waals surface area (Å²) in [5, 5.41) is 0.187. The van der Waals surface area contributed by atoms with E-state index in [1.54, 1.807) is 6.08 Å². The van der Waals surface area contributed by atoms with Crippen molar-refractivity contribution in [1.82, 2.24) is 15.0 Å². The van der Waals surface area contributed by atoms with Gasteiger partial charge in [-0.15, -0.1) is 0 Å². The van der Waals surface area contributed by atoms with E-state index in [0.717, 1.165) is 16.7 Å². The van der Waals surface area contributed by atoms with Crippen molar-refractivity contribution < 1.29 is 0 Å². The van der Waals surface area contributed by atoms with Crippen LogP contribution in [0, 0.1) is 0 Å². The Hall–Kier alpha value is -2.52. The lowest BCUT2D eigenvalue weighted by Gasteiger charge is -2.05. The summed E-state index contributed by atoms with van der Waals surface area (Å²) in [6.07, 6.45) is 1.79. The quantitative estimate of drug-likeness (QED) is 0.713. The summed E-state index contributed by atoms with van der Waals surface area (Å²) in [5.41, 5.74) is 2.84. The van der Waals surface area contributed by atoms with Gasteiger partial charge in [-0.25, -0.2) is 4.98 Å². The Morgan fingerprint density at radius 2 is 1.33 bits per heavy atom. The van der Waals surface area contributed by atoms with Crippen LogP contribution in [-0.4, -0.2) is 15.0 Å². The Kier molecular flexibility index (Phi) is 3.75. The van der Waals surface area contributed by atoms with Gasteiger partial charge in [-0.3, -0.25) is 0 Å². The summed E-state index contributed by atoms with van der Waals surface area (Å²) in [6.45, 7) is 3.74. The molecule has 4 heteroatoms. The molecule has 0 spiro atoms. The fourth-order valence-electron chi connectivity index (χ4n) is 1.96. The molecule has 21 heavy (non-hydrogen) atoms. The van der Waals surface area contributed by atoms with Gasteiger partial charge in [0.2, 0.25) is 5.28 Å². The monoisotopic (exact) mass is 293 g/mol. The summed E-state index contributed by atoms with van der Waals surface area (Å²) in [4.78, 5) is 12.9. The molecule has 0 radical (unpaired) electrons. The molecule has 1 heterocycles. The summed E-state index contributed by atoms with van der Waals surface area (Å²) >= 11 is 6.03. The van der Waals surface area contributed by atoms with E-state index in [1.807, 2.05) is 54.6 Å². The van der Waals surface area contributed by atoms with Crippen LogP contribution < -0.4 is 0 Å². The molecule has 0 aliphatic heterocycles. The lowest BCUT2D eigenvalue weighted by Crippen LogP contribution is -1.97. The Morgan fingerprint density at radius 3 is 1.90 bits per heavy atom. The van der Waals surface area contributed by atoms with Gasteiger partial charge >= 0.3 is 0 Å². The first-order valence-corrected chi connectivity index (χ1v) is 6.84. The molecule has 0 aliphatic carbocycles. The Labute approximate surface area is 128 Å². The maximum atomic E-state index is 6.03. The average molecular weight is 294 g/mol. The summed E-state index contributed by atoms with van der Waals surface area (Å²) in [7, 11) is 0. The number of hydrogen-bond acceptors (Lipinski definition) is 3. The van der Waals surface area contributed by atoms with Crippen LogP contribution in [0.1, 0.15) is 5.56 Å². The van der Waals surface area contributed by atoms with E-state index >= 15 is 0 Å². The Balaban J connectivity index is 2.07. The number of rotatable bonds is 3. The van der Waals surface area contributed by atoms with E-state index in [4.69, 9.17) is 11.6 Å². The van der Waals surface area contributed by atoms with Crippen LogP contribution in [0.15, 0.2) is 61.2 Å². The number of hydrogen-bond donors (Lipinski definition) is 0. The Bertz CT molecular complexity index is 768. The molecule has 0 saturated carbocycles. The van der Waals surface area contributed by atoms with Crippen LogP contribution in [-0.2, 0) is 0 Å². The number of halogens is 1. The molecule has 0 saturated heterocycles. The molecular formula is C17H12ClN3. The van der Waals surface area contributed by atoms with E-state index < -0.39 is 0 Å². The zero-order chi connectivity index (χ0) is 14.7. The standard InChI is InChI=1S/C17H12ClN3/c1-2-12-8-10-14(11-9-12)16-19-15(20-17(18)21-16)13-6-4-3-5-7-13/h2-11H,1H2. The zero-order valence-electron chi connectivity index (χ0n) is 11.2. The van der Waals surface area contributed by atoms with Gasteiger partial charge in [0.1, 0.15) is 0 Å². The second kappa shape index (κ2) is 5.85. The van der Waals surface area contributed by atoms with E-state index in [9.17, 15) is 0 Å². The molecule has 0 bridgehead atoms. The molecule has 1 aromatic heterocycles. The van der Waals surface area contributed by atoms with E-state index in [-0.39, 0.29) is 5.28 Å². The van der Waals surface area contributed by atoms with Crippen LogP contribution in [0.25, 0.3) is 28.9 Å². The first-order valence-electron chi connectivity index (χ1n) is 6.46. The minimum absolute atomic E-state index is 0.187. The van der Waals surface area contributed by atoms with Crippen LogP contribution >= 0.6 is 11.6 Å². The van der Waals surface area contributed by atoms with Crippen LogP contribution in [0.4, 0.5) is 0 Å². The topological polar surface area (TPSA) is 38.7 Å². The van der Waals surface area contributed by atoms with Gasteiger partial charge in [0, 0.05) is 11.1 Å². The predicted molar refractivity (Wildman–Crippen MR) is 85.8 cm³/mol. The molecule has 0 unspecified atom stereocenters. The van der Waals surface area contributed by atoms with Crippen molar-refractivity contribution in [2.75, 3.05) is 0 Å².